The van der Waals surface area contributed by atoms with Crippen molar-refractivity contribution in [1.82, 2.24) is 20.1 Å². The Morgan fingerprint density at radius 2 is 1.82 bits per heavy atom. The molecule has 3 aromatic rings. The van der Waals surface area contributed by atoms with E-state index in [1.165, 1.54) is 11.8 Å². The molecule has 2 aromatic carbocycles. The summed E-state index contributed by atoms with van der Waals surface area (Å²) >= 11 is 9.49. The van der Waals surface area contributed by atoms with E-state index in [1.54, 1.807) is 24.3 Å². The van der Waals surface area contributed by atoms with Gasteiger partial charge >= 0.3 is 0 Å². The molecule has 0 bridgehead atoms. The van der Waals surface area contributed by atoms with E-state index in [2.05, 4.69) is 63.3 Å². The molecule has 0 unspecified atom stereocenters. The number of hydrogen-bond donors (Lipinski definition) is 2. The van der Waals surface area contributed by atoms with Crippen LogP contribution in [-0.2, 0) is 11.3 Å². The number of rotatable bonds is 9. The number of thioether (sulfide) groups is 1. The topological polar surface area (TPSA) is 88.9 Å². The lowest BCUT2D eigenvalue weighted by atomic mass is 10.0. The minimum absolute atomic E-state index is 0.107. The highest BCUT2D eigenvalue weighted by molar-refractivity contribution is 14.1. The molecule has 2 amide bonds. The number of benzene rings is 2. The normalized spacial score (nSPS) is 12.0. The van der Waals surface area contributed by atoms with Gasteiger partial charge in [-0.15, -0.1) is 10.2 Å². The van der Waals surface area contributed by atoms with E-state index >= 15 is 0 Å². The molecule has 7 nitrogen and oxygen atoms in total. The fourth-order valence-electron chi connectivity index (χ4n) is 3.41. The van der Waals surface area contributed by atoms with E-state index in [4.69, 9.17) is 11.6 Å². The van der Waals surface area contributed by atoms with Crippen LogP contribution in [0.15, 0.2) is 47.6 Å². The lowest BCUT2D eigenvalue weighted by Crippen LogP contribution is -2.28. The SMILES string of the molecule is CCn1c(SCC(=O)Nc2ccc(I)cc2C(C)C)nnc1[C@H](C)NC(=O)c1ccc(Cl)cc1. The first kappa shape index (κ1) is 26.5. The van der Waals surface area contributed by atoms with Gasteiger partial charge in [0, 0.05) is 26.4 Å². The Balaban J connectivity index is 1.64. The van der Waals surface area contributed by atoms with Crippen LogP contribution in [-0.4, -0.2) is 32.3 Å². The third kappa shape index (κ3) is 6.73. The maximum Gasteiger partial charge on any atom is 0.251 e. The van der Waals surface area contributed by atoms with Crippen LogP contribution in [0.2, 0.25) is 5.02 Å². The second-order valence-electron chi connectivity index (χ2n) is 8.01. The molecule has 2 N–H and O–H groups in total. The summed E-state index contributed by atoms with van der Waals surface area (Å²) in [5.41, 5.74) is 2.45. The summed E-state index contributed by atoms with van der Waals surface area (Å²) in [6.45, 7) is 8.66. The Hall–Kier alpha value is -2.11. The van der Waals surface area contributed by atoms with Crippen molar-refractivity contribution in [3.63, 3.8) is 0 Å². The van der Waals surface area contributed by atoms with Crippen LogP contribution in [0.5, 0.6) is 0 Å². The zero-order chi connectivity index (χ0) is 24.8. The fraction of sp³-hybridized carbons (Fsp3) is 0.333. The molecular formula is C24H27ClIN5O2S. The van der Waals surface area contributed by atoms with E-state index in [0.29, 0.717) is 34.0 Å². The van der Waals surface area contributed by atoms with Crippen LogP contribution in [0.4, 0.5) is 5.69 Å². The minimum Gasteiger partial charge on any atom is -0.342 e. The zero-order valence-electron chi connectivity index (χ0n) is 19.4. The van der Waals surface area contributed by atoms with E-state index in [1.807, 2.05) is 30.5 Å². The number of carbonyl (C=O) groups is 2. The quantitative estimate of drug-likeness (QED) is 0.232. The van der Waals surface area contributed by atoms with Crippen LogP contribution >= 0.6 is 46.0 Å². The molecule has 10 heteroatoms. The summed E-state index contributed by atoms with van der Waals surface area (Å²) in [6, 6.07) is 12.4. The molecule has 0 fully saturated rings. The highest BCUT2D eigenvalue weighted by Gasteiger charge is 2.20. The Labute approximate surface area is 222 Å². The van der Waals surface area contributed by atoms with E-state index < -0.39 is 0 Å². The third-order valence-corrected chi connectivity index (χ3v) is 7.03. The molecule has 0 saturated carbocycles. The first-order valence-electron chi connectivity index (χ1n) is 10.9. The van der Waals surface area contributed by atoms with E-state index in [9.17, 15) is 9.59 Å². The van der Waals surface area contributed by atoms with Crippen molar-refractivity contribution in [2.75, 3.05) is 11.1 Å². The van der Waals surface area contributed by atoms with E-state index in [-0.39, 0.29) is 23.6 Å². The zero-order valence-corrected chi connectivity index (χ0v) is 23.2. The molecule has 180 valence electrons. The second-order valence-corrected chi connectivity index (χ2v) is 10.6. The van der Waals surface area contributed by atoms with Gasteiger partial charge in [-0.25, -0.2) is 0 Å². The molecule has 0 aliphatic heterocycles. The van der Waals surface area contributed by atoms with Crippen molar-refractivity contribution in [3.05, 3.63) is 68.0 Å². The van der Waals surface area contributed by atoms with Crippen molar-refractivity contribution < 1.29 is 9.59 Å². The van der Waals surface area contributed by atoms with E-state index in [0.717, 1.165) is 14.8 Å². The molecule has 3 rings (SSSR count). The molecule has 0 aliphatic rings. The fourth-order valence-corrected chi connectivity index (χ4v) is 4.86. The van der Waals surface area contributed by atoms with Crippen LogP contribution < -0.4 is 10.6 Å². The van der Waals surface area contributed by atoms with Gasteiger partial charge in [0.2, 0.25) is 5.91 Å². The van der Waals surface area contributed by atoms with Gasteiger partial charge in [-0.1, -0.05) is 37.2 Å². The standard InChI is InChI=1S/C24H27ClIN5O2S/c1-5-31-22(15(4)27-23(33)16-6-8-17(25)9-7-16)29-30-24(31)34-13-21(32)28-20-11-10-18(26)12-19(20)14(2)3/h6-12,14-15H,5,13H2,1-4H3,(H,27,33)(H,28,32)/t15-/m0/s1. The summed E-state index contributed by atoms with van der Waals surface area (Å²) in [5, 5.41) is 15.7. The number of hydrogen-bond acceptors (Lipinski definition) is 5. The summed E-state index contributed by atoms with van der Waals surface area (Å²) in [4.78, 5) is 25.2. The number of nitrogens with zero attached hydrogens (tertiary/aromatic N) is 3. The Morgan fingerprint density at radius 1 is 1.12 bits per heavy atom. The van der Waals surface area contributed by atoms with Crippen LogP contribution in [0.1, 0.15) is 61.4 Å². The van der Waals surface area contributed by atoms with Crippen molar-refractivity contribution in [3.8, 4) is 0 Å². The first-order valence-corrected chi connectivity index (χ1v) is 13.4. The monoisotopic (exact) mass is 611 g/mol. The molecular weight excluding hydrogens is 585 g/mol. The maximum atomic E-state index is 12.7. The highest BCUT2D eigenvalue weighted by Crippen LogP contribution is 2.27. The number of anilines is 1. The number of nitrogens with one attached hydrogen (secondary N) is 2. The van der Waals surface area contributed by atoms with Crippen molar-refractivity contribution in [1.29, 1.82) is 0 Å². The highest BCUT2D eigenvalue weighted by atomic mass is 127. The Morgan fingerprint density at radius 3 is 2.47 bits per heavy atom. The van der Waals surface area contributed by atoms with Gasteiger partial charge in [-0.2, -0.15) is 0 Å². The average Bonchev–Trinajstić information content (AvgIpc) is 3.22. The molecule has 0 saturated heterocycles. The summed E-state index contributed by atoms with van der Waals surface area (Å²) in [5.74, 6) is 0.805. The Kier molecular flexibility index (Phi) is 9.38. The summed E-state index contributed by atoms with van der Waals surface area (Å²) in [7, 11) is 0. The summed E-state index contributed by atoms with van der Waals surface area (Å²) in [6.07, 6.45) is 0. The number of carbonyl (C=O) groups excluding carboxylic acids is 2. The molecule has 1 atom stereocenters. The largest absolute Gasteiger partial charge is 0.342 e. The smallest absolute Gasteiger partial charge is 0.251 e. The number of amides is 2. The van der Waals surface area contributed by atoms with Gasteiger partial charge in [0.25, 0.3) is 5.91 Å². The molecule has 1 heterocycles. The van der Waals surface area contributed by atoms with Gasteiger partial charge in [-0.05, 0) is 90.4 Å². The molecule has 0 aliphatic carbocycles. The van der Waals surface area contributed by atoms with Crippen molar-refractivity contribution in [2.24, 2.45) is 0 Å². The number of halogens is 2. The van der Waals surface area contributed by atoms with Crippen LogP contribution in [0.3, 0.4) is 0 Å². The second kappa shape index (κ2) is 12.0. The van der Waals surface area contributed by atoms with Gasteiger partial charge in [0.15, 0.2) is 11.0 Å². The average molecular weight is 612 g/mol. The molecule has 0 spiro atoms. The molecule has 0 radical (unpaired) electrons. The van der Waals surface area contributed by atoms with Gasteiger partial charge in [-0.3, -0.25) is 9.59 Å². The predicted octanol–water partition coefficient (Wildman–Crippen LogP) is 5.90. The van der Waals surface area contributed by atoms with Gasteiger partial charge in [0.05, 0.1) is 11.8 Å². The van der Waals surface area contributed by atoms with Gasteiger partial charge in [0.1, 0.15) is 0 Å². The van der Waals surface area contributed by atoms with Crippen LogP contribution in [0.25, 0.3) is 0 Å². The molecule has 34 heavy (non-hydrogen) atoms. The Bertz CT molecular complexity index is 1170. The van der Waals surface area contributed by atoms with Crippen LogP contribution in [0, 0.1) is 3.57 Å². The first-order chi connectivity index (χ1) is 16.2. The predicted molar refractivity (Wildman–Crippen MR) is 146 cm³/mol. The third-order valence-electron chi connectivity index (χ3n) is 5.15. The molecule has 1 aromatic heterocycles. The minimum atomic E-state index is -0.362. The lowest BCUT2D eigenvalue weighted by Gasteiger charge is -2.16. The van der Waals surface area contributed by atoms with Crippen molar-refractivity contribution >= 4 is 63.5 Å². The lowest BCUT2D eigenvalue weighted by molar-refractivity contribution is -0.113. The number of aromatic nitrogens is 3. The summed E-state index contributed by atoms with van der Waals surface area (Å²) < 4.78 is 3.05. The maximum absolute atomic E-state index is 12.7. The van der Waals surface area contributed by atoms with Crippen molar-refractivity contribution in [2.45, 2.75) is 51.4 Å². The van der Waals surface area contributed by atoms with Gasteiger partial charge < -0.3 is 15.2 Å².